The van der Waals surface area contributed by atoms with E-state index < -0.39 is 0 Å². The van der Waals surface area contributed by atoms with Crippen molar-refractivity contribution in [2.45, 2.75) is 39.9 Å². The second-order valence-corrected chi connectivity index (χ2v) is 6.40. The molecule has 0 saturated carbocycles. The van der Waals surface area contributed by atoms with Crippen LogP contribution in [-0.2, 0) is 17.8 Å². The molecular formula is C21H24N2O3. The van der Waals surface area contributed by atoms with Gasteiger partial charge in [-0.2, -0.15) is 4.98 Å². The number of aromatic nitrogens is 2. The molecular weight excluding hydrogens is 328 g/mol. The minimum atomic E-state index is 0.0947. The molecule has 2 aromatic carbocycles. The van der Waals surface area contributed by atoms with Crippen molar-refractivity contribution in [3.05, 3.63) is 53.6 Å². The average Bonchev–Trinajstić information content (AvgIpc) is 3.13. The second-order valence-electron chi connectivity index (χ2n) is 6.40. The zero-order valence-corrected chi connectivity index (χ0v) is 15.7. The lowest BCUT2D eigenvalue weighted by atomic mass is 10.1. The minimum Gasteiger partial charge on any atom is -0.491 e. The standard InChI is InChI=1S/C21H24N2O3/c1-5-15-7-6-8-16(11-15)20-22-21(26-23-20)17-9-10-19(25-14(2)3)18(12-17)13-24-4/h6-12,14H,5,13H2,1-4H3. The Balaban J connectivity index is 1.92. The lowest BCUT2D eigenvalue weighted by Gasteiger charge is -2.14. The van der Waals surface area contributed by atoms with Crippen LogP contribution < -0.4 is 4.74 Å². The Hall–Kier alpha value is -2.66. The number of hydrogen-bond donors (Lipinski definition) is 0. The Bertz CT molecular complexity index is 871. The van der Waals surface area contributed by atoms with Gasteiger partial charge in [0.25, 0.3) is 5.89 Å². The quantitative estimate of drug-likeness (QED) is 0.605. The van der Waals surface area contributed by atoms with Gasteiger partial charge in [0.15, 0.2) is 0 Å². The zero-order chi connectivity index (χ0) is 18.5. The summed E-state index contributed by atoms with van der Waals surface area (Å²) in [7, 11) is 1.66. The molecule has 0 spiro atoms. The van der Waals surface area contributed by atoms with Gasteiger partial charge in [-0.3, -0.25) is 0 Å². The number of methoxy groups -OCH3 is 1. The van der Waals surface area contributed by atoms with E-state index in [2.05, 4.69) is 29.2 Å². The number of hydrogen-bond acceptors (Lipinski definition) is 5. The Labute approximate surface area is 154 Å². The summed E-state index contributed by atoms with van der Waals surface area (Å²) in [5, 5.41) is 4.14. The van der Waals surface area contributed by atoms with Gasteiger partial charge in [0, 0.05) is 23.8 Å². The summed E-state index contributed by atoms with van der Waals surface area (Å²) in [6.07, 6.45) is 1.06. The molecule has 3 aromatic rings. The molecule has 0 unspecified atom stereocenters. The maximum atomic E-state index is 5.84. The Morgan fingerprint density at radius 2 is 1.92 bits per heavy atom. The third kappa shape index (κ3) is 4.11. The highest BCUT2D eigenvalue weighted by molar-refractivity contribution is 5.62. The fraction of sp³-hybridized carbons (Fsp3) is 0.333. The van der Waals surface area contributed by atoms with Gasteiger partial charge in [0.2, 0.25) is 5.82 Å². The number of aryl methyl sites for hydroxylation is 1. The van der Waals surface area contributed by atoms with E-state index in [0.29, 0.717) is 18.3 Å². The summed E-state index contributed by atoms with van der Waals surface area (Å²) in [6, 6.07) is 14.0. The summed E-state index contributed by atoms with van der Waals surface area (Å²) in [6.45, 7) is 6.58. The van der Waals surface area contributed by atoms with Crippen LogP contribution in [0.5, 0.6) is 5.75 Å². The maximum absolute atomic E-state index is 5.84. The Kier molecular flexibility index (Phi) is 5.68. The molecule has 0 aliphatic carbocycles. The van der Waals surface area contributed by atoms with Gasteiger partial charge in [-0.15, -0.1) is 0 Å². The van der Waals surface area contributed by atoms with Crippen molar-refractivity contribution in [2.24, 2.45) is 0 Å². The number of benzene rings is 2. The molecule has 0 bridgehead atoms. The van der Waals surface area contributed by atoms with Crippen molar-refractivity contribution < 1.29 is 14.0 Å². The predicted molar refractivity (Wildman–Crippen MR) is 101 cm³/mol. The molecule has 0 radical (unpaired) electrons. The van der Waals surface area contributed by atoms with Gasteiger partial charge < -0.3 is 14.0 Å². The van der Waals surface area contributed by atoms with E-state index in [1.807, 2.05) is 44.2 Å². The van der Waals surface area contributed by atoms with E-state index in [1.54, 1.807) is 7.11 Å². The molecule has 1 heterocycles. The fourth-order valence-electron chi connectivity index (χ4n) is 2.74. The molecule has 5 heteroatoms. The van der Waals surface area contributed by atoms with Crippen LogP contribution in [0.3, 0.4) is 0 Å². The molecule has 0 atom stereocenters. The largest absolute Gasteiger partial charge is 0.491 e. The number of ether oxygens (including phenoxy) is 2. The van der Waals surface area contributed by atoms with E-state index in [1.165, 1.54) is 5.56 Å². The Morgan fingerprint density at radius 1 is 1.08 bits per heavy atom. The topological polar surface area (TPSA) is 57.4 Å². The third-order valence-corrected chi connectivity index (χ3v) is 3.99. The van der Waals surface area contributed by atoms with Gasteiger partial charge in [-0.05, 0) is 50.1 Å². The highest BCUT2D eigenvalue weighted by Crippen LogP contribution is 2.29. The Morgan fingerprint density at radius 3 is 2.65 bits per heavy atom. The molecule has 0 N–H and O–H groups in total. The van der Waals surface area contributed by atoms with Crippen molar-refractivity contribution in [3.8, 4) is 28.6 Å². The number of rotatable bonds is 7. The monoisotopic (exact) mass is 352 g/mol. The van der Waals surface area contributed by atoms with Gasteiger partial charge in [-0.25, -0.2) is 0 Å². The van der Waals surface area contributed by atoms with Crippen molar-refractivity contribution in [1.29, 1.82) is 0 Å². The van der Waals surface area contributed by atoms with Crippen LogP contribution in [0.25, 0.3) is 22.8 Å². The first-order valence-electron chi connectivity index (χ1n) is 8.82. The van der Waals surface area contributed by atoms with E-state index in [4.69, 9.17) is 14.0 Å². The van der Waals surface area contributed by atoms with Crippen LogP contribution in [0.2, 0.25) is 0 Å². The highest BCUT2D eigenvalue weighted by Gasteiger charge is 2.14. The minimum absolute atomic E-state index is 0.0947. The second kappa shape index (κ2) is 8.15. The van der Waals surface area contributed by atoms with Crippen molar-refractivity contribution in [3.63, 3.8) is 0 Å². The van der Waals surface area contributed by atoms with Gasteiger partial charge >= 0.3 is 0 Å². The van der Waals surface area contributed by atoms with Crippen LogP contribution in [0.1, 0.15) is 31.9 Å². The fourth-order valence-corrected chi connectivity index (χ4v) is 2.74. The van der Waals surface area contributed by atoms with Gasteiger partial charge in [0.1, 0.15) is 5.75 Å². The number of nitrogens with zero attached hydrogens (tertiary/aromatic N) is 2. The van der Waals surface area contributed by atoms with E-state index in [0.717, 1.165) is 28.9 Å². The van der Waals surface area contributed by atoms with Crippen LogP contribution >= 0.6 is 0 Å². The molecule has 0 saturated heterocycles. The SMILES string of the molecule is CCc1cccc(-c2noc(-c3ccc(OC(C)C)c(COC)c3)n2)c1. The lowest BCUT2D eigenvalue weighted by molar-refractivity contribution is 0.175. The average molecular weight is 352 g/mol. The smallest absolute Gasteiger partial charge is 0.258 e. The summed E-state index contributed by atoms with van der Waals surface area (Å²) in [4.78, 5) is 4.56. The van der Waals surface area contributed by atoms with E-state index in [9.17, 15) is 0 Å². The molecule has 136 valence electrons. The molecule has 1 aromatic heterocycles. The highest BCUT2D eigenvalue weighted by atomic mass is 16.5. The van der Waals surface area contributed by atoms with Crippen molar-refractivity contribution in [2.75, 3.05) is 7.11 Å². The van der Waals surface area contributed by atoms with Crippen molar-refractivity contribution >= 4 is 0 Å². The first-order chi connectivity index (χ1) is 12.6. The third-order valence-electron chi connectivity index (χ3n) is 3.99. The summed E-state index contributed by atoms with van der Waals surface area (Å²) in [5.74, 6) is 1.88. The molecule has 5 nitrogen and oxygen atoms in total. The van der Waals surface area contributed by atoms with E-state index >= 15 is 0 Å². The van der Waals surface area contributed by atoms with Crippen molar-refractivity contribution in [1.82, 2.24) is 10.1 Å². The zero-order valence-electron chi connectivity index (χ0n) is 15.7. The summed E-state index contributed by atoms with van der Waals surface area (Å²) >= 11 is 0. The maximum Gasteiger partial charge on any atom is 0.258 e. The first kappa shape index (κ1) is 18.1. The molecule has 0 amide bonds. The van der Waals surface area contributed by atoms with E-state index in [-0.39, 0.29) is 6.10 Å². The molecule has 0 aliphatic heterocycles. The molecule has 0 fully saturated rings. The first-order valence-corrected chi connectivity index (χ1v) is 8.82. The molecule has 26 heavy (non-hydrogen) atoms. The van der Waals surface area contributed by atoms with Gasteiger partial charge in [0.05, 0.1) is 12.7 Å². The summed E-state index contributed by atoms with van der Waals surface area (Å²) in [5.41, 5.74) is 3.99. The molecule has 3 rings (SSSR count). The van der Waals surface area contributed by atoms with Crippen LogP contribution in [0.4, 0.5) is 0 Å². The lowest BCUT2D eigenvalue weighted by Crippen LogP contribution is -2.08. The van der Waals surface area contributed by atoms with Crippen LogP contribution in [-0.4, -0.2) is 23.4 Å². The molecule has 0 aliphatic rings. The predicted octanol–water partition coefficient (Wildman–Crippen LogP) is 4.90. The van der Waals surface area contributed by atoms with Crippen LogP contribution in [0, 0.1) is 0 Å². The normalized spacial score (nSPS) is 11.1. The van der Waals surface area contributed by atoms with Gasteiger partial charge in [-0.1, -0.05) is 30.3 Å². The van der Waals surface area contributed by atoms with Crippen LogP contribution in [0.15, 0.2) is 47.0 Å². The summed E-state index contributed by atoms with van der Waals surface area (Å²) < 4.78 is 16.6.